The summed E-state index contributed by atoms with van der Waals surface area (Å²) in [5.41, 5.74) is 0. The fourth-order valence-corrected chi connectivity index (χ4v) is 2.34. The minimum Gasteiger partial charge on any atom is -0.469 e. The zero-order valence-electron chi connectivity index (χ0n) is 11.0. The fourth-order valence-electron chi connectivity index (χ4n) is 2.34. The lowest BCUT2D eigenvalue weighted by molar-refractivity contribution is -0.133. The van der Waals surface area contributed by atoms with E-state index in [4.69, 9.17) is 4.42 Å². The molecule has 1 unspecified atom stereocenters. The van der Waals surface area contributed by atoms with Crippen LogP contribution in [0.3, 0.4) is 0 Å². The van der Waals surface area contributed by atoms with Crippen LogP contribution < -0.4 is 5.32 Å². The number of carbonyl (C=O) groups excluding carboxylic acids is 1. The van der Waals surface area contributed by atoms with E-state index in [-0.39, 0.29) is 11.9 Å². The van der Waals surface area contributed by atoms with Gasteiger partial charge in [-0.2, -0.15) is 0 Å². The molecule has 1 fully saturated rings. The number of piperidine rings is 1. The van der Waals surface area contributed by atoms with Crippen LogP contribution in [-0.4, -0.2) is 36.5 Å². The highest BCUT2D eigenvalue weighted by atomic mass is 16.3. The summed E-state index contributed by atoms with van der Waals surface area (Å²) in [5, 5.41) is 3.27. The number of furan rings is 1. The first kappa shape index (κ1) is 13.1. The predicted octanol–water partition coefficient (Wildman–Crippen LogP) is 1.81. The largest absolute Gasteiger partial charge is 0.469 e. The van der Waals surface area contributed by atoms with E-state index in [0.29, 0.717) is 0 Å². The minimum atomic E-state index is -0.0990. The summed E-state index contributed by atoms with van der Waals surface area (Å²) in [7, 11) is 0. The molecule has 4 nitrogen and oxygen atoms in total. The summed E-state index contributed by atoms with van der Waals surface area (Å²) in [6, 6.07) is 3.74. The van der Waals surface area contributed by atoms with Crippen molar-refractivity contribution >= 4 is 5.91 Å². The minimum absolute atomic E-state index is 0.0990. The Kier molecular flexibility index (Phi) is 4.81. The molecule has 0 aliphatic carbocycles. The van der Waals surface area contributed by atoms with E-state index in [9.17, 15) is 4.79 Å². The fraction of sp³-hybridized carbons (Fsp3) is 0.643. The lowest BCUT2D eigenvalue weighted by atomic mass is 10.1. The molecule has 1 N–H and O–H groups in total. The van der Waals surface area contributed by atoms with Crippen molar-refractivity contribution in [3.63, 3.8) is 0 Å². The highest BCUT2D eigenvalue weighted by Crippen LogP contribution is 2.10. The maximum atomic E-state index is 12.1. The SMILES string of the molecule is CC(NCCc1ccco1)C(=O)N1CCCCC1. The second kappa shape index (κ2) is 6.59. The summed E-state index contributed by atoms with van der Waals surface area (Å²) in [6.45, 7) is 4.55. The number of hydrogen-bond donors (Lipinski definition) is 1. The molecule has 0 spiro atoms. The normalized spacial score (nSPS) is 17.7. The molecule has 1 aliphatic rings. The van der Waals surface area contributed by atoms with Gasteiger partial charge in [0, 0.05) is 26.1 Å². The second-order valence-electron chi connectivity index (χ2n) is 4.89. The van der Waals surface area contributed by atoms with Gasteiger partial charge in [-0.05, 0) is 38.3 Å². The summed E-state index contributed by atoms with van der Waals surface area (Å²) in [6.07, 6.45) is 6.04. The summed E-state index contributed by atoms with van der Waals surface area (Å²) in [5.74, 6) is 1.19. The van der Waals surface area contributed by atoms with E-state index in [1.165, 1.54) is 6.42 Å². The van der Waals surface area contributed by atoms with Crippen molar-refractivity contribution in [1.29, 1.82) is 0 Å². The Labute approximate surface area is 108 Å². The number of likely N-dealkylation sites (tertiary alicyclic amines) is 1. The molecule has 0 aromatic carbocycles. The van der Waals surface area contributed by atoms with E-state index >= 15 is 0 Å². The van der Waals surface area contributed by atoms with Crippen LogP contribution in [0.4, 0.5) is 0 Å². The standard InChI is InChI=1S/C14H22N2O2/c1-12(14(17)16-9-3-2-4-10-16)15-8-7-13-6-5-11-18-13/h5-6,11-12,15H,2-4,7-10H2,1H3. The van der Waals surface area contributed by atoms with E-state index in [0.717, 1.165) is 44.7 Å². The topological polar surface area (TPSA) is 45.5 Å². The quantitative estimate of drug-likeness (QED) is 0.867. The lowest BCUT2D eigenvalue weighted by Crippen LogP contribution is -2.47. The third kappa shape index (κ3) is 3.60. The number of carbonyl (C=O) groups is 1. The lowest BCUT2D eigenvalue weighted by Gasteiger charge is -2.29. The number of nitrogens with zero attached hydrogens (tertiary/aromatic N) is 1. The molecule has 0 bridgehead atoms. The molecule has 1 aliphatic heterocycles. The highest BCUT2D eigenvalue weighted by Gasteiger charge is 2.21. The van der Waals surface area contributed by atoms with Crippen molar-refractivity contribution in [3.05, 3.63) is 24.2 Å². The highest BCUT2D eigenvalue weighted by molar-refractivity contribution is 5.81. The Morgan fingerprint density at radius 2 is 2.22 bits per heavy atom. The maximum Gasteiger partial charge on any atom is 0.239 e. The molecule has 1 atom stereocenters. The first-order valence-electron chi connectivity index (χ1n) is 6.82. The van der Waals surface area contributed by atoms with E-state index in [2.05, 4.69) is 5.32 Å². The van der Waals surface area contributed by atoms with Gasteiger partial charge in [0.05, 0.1) is 12.3 Å². The van der Waals surface area contributed by atoms with Gasteiger partial charge in [0.1, 0.15) is 5.76 Å². The molecule has 18 heavy (non-hydrogen) atoms. The van der Waals surface area contributed by atoms with Crippen molar-refractivity contribution in [2.24, 2.45) is 0 Å². The molecule has 1 aromatic rings. The third-order valence-corrected chi connectivity index (χ3v) is 3.44. The van der Waals surface area contributed by atoms with E-state index in [1.54, 1.807) is 6.26 Å². The molecule has 100 valence electrons. The van der Waals surface area contributed by atoms with Crippen LogP contribution in [0.2, 0.25) is 0 Å². The Hall–Kier alpha value is -1.29. The van der Waals surface area contributed by atoms with Gasteiger partial charge in [0.2, 0.25) is 5.91 Å². The Morgan fingerprint density at radius 1 is 1.44 bits per heavy atom. The molecule has 1 amide bonds. The molecule has 1 aromatic heterocycles. The Morgan fingerprint density at radius 3 is 2.89 bits per heavy atom. The average Bonchev–Trinajstić information content (AvgIpc) is 2.92. The summed E-state index contributed by atoms with van der Waals surface area (Å²) < 4.78 is 5.26. The number of rotatable bonds is 5. The second-order valence-corrected chi connectivity index (χ2v) is 4.89. The van der Waals surface area contributed by atoms with Gasteiger partial charge in [0.15, 0.2) is 0 Å². The van der Waals surface area contributed by atoms with E-state index < -0.39 is 0 Å². The molecule has 4 heteroatoms. The van der Waals surface area contributed by atoms with Crippen molar-refractivity contribution in [3.8, 4) is 0 Å². The van der Waals surface area contributed by atoms with Gasteiger partial charge < -0.3 is 14.6 Å². The van der Waals surface area contributed by atoms with Crippen LogP contribution in [0.25, 0.3) is 0 Å². The monoisotopic (exact) mass is 250 g/mol. The zero-order valence-corrected chi connectivity index (χ0v) is 11.0. The molecule has 2 heterocycles. The van der Waals surface area contributed by atoms with Crippen LogP contribution in [0.1, 0.15) is 31.9 Å². The average molecular weight is 250 g/mol. The van der Waals surface area contributed by atoms with Gasteiger partial charge in [-0.1, -0.05) is 0 Å². The number of hydrogen-bond acceptors (Lipinski definition) is 3. The number of amides is 1. The first-order chi connectivity index (χ1) is 8.77. The van der Waals surface area contributed by atoms with Gasteiger partial charge in [-0.3, -0.25) is 4.79 Å². The van der Waals surface area contributed by atoms with Crippen molar-refractivity contribution in [2.45, 2.75) is 38.6 Å². The number of nitrogens with one attached hydrogen (secondary N) is 1. The van der Waals surface area contributed by atoms with Gasteiger partial charge in [-0.15, -0.1) is 0 Å². The third-order valence-electron chi connectivity index (χ3n) is 3.44. The smallest absolute Gasteiger partial charge is 0.239 e. The molecule has 0 radical (unpaired) electrons. The Bertz CT molecular complexity index is 356. The van der Waals surface area contributed by atoms with Gasteiger partial charge in [0.25, 0.3) is 0 Å². The first-order valence-corrected chi connectivity index (χ1v) is 6.82. The molecular weight excluding hydrogens is 228 g/mol. The summed E-state index contributed by atoms with van der Waals surface area (Å²) in [4.78, 5) is 14.1. The van der Waals surface area contributed by atoms with Crippen molar-refractivity contribution in [1.82, 2.24) is 10.2 Å². The van der Waals surface area contributed by atoms with Gasteiger partial charge >= 0.3 is 0 Å². The van der Waals surface area contributed by atoms with Crippen molar-refractivity contribution < 1.29 is 9.21 Å². The molecule has 2 rings (SSSR count). The predicted molar refractivity (Wildman–Crippen MR) is 70.3 cm³/mol. The van der Waals surface area contributed by atoms with Crippen LogP contribution >= 0.6 is 0 Å². The zero-order chi connectivity index (χ0) is 12.8. The Balaban J connectivity index is 1.70. The van der Waals surface area contributed by atoms with E-state index in [1.807, 2.05) is 24.0 Å². The van der Waals surface area contributed by atoms with Crippen LogP contribution in [0.5, 0.6) is 0 Å². The van der Waals surface area contributed by atoms with Gasteiger partial charge in [-0.25, -0.2) is 0 Å². The van der Waals surface area contributed by atoms with Crippen LogP contribution in [-0.2, 0) is 11.2 Å². The van der Waals surface area contributed by atoms with Crippen molar-refractivity contribution in [2.75, 3.05) is 19.6 Å². The van der Waals surface area contributed by atoms with Crippen LogP contribution in [0.15, 0.2) is 22.8 Å². The molecular formula is C14H22N2O2. The maximum absolute atomic E-state index is 12.1. The molecule has 1 saturated heterocycles. The summed E-state index contributed by atoms with van der Waals surface area (Å²) >= 11 is 0. The van der Waals surface area contributed by atoms with Crippen LogP contribution in [0, 0.1) is 0 Å². The molecule has 0 saturated carbocycles.